The quantitative estimate of drug-likeness (QED) is 0.699. The summed E-state index contributed by atoms with van der Waals surface area (Å²) in [7, 11) is -4.64. The third-order valence-electron chi connectivity index (χ3n) is 3.66. The average Bonchev–Trinajstić information content (AvgIpc) is 2.34. The molecule has 1 spiro atoms. The van der Waals surface area contributed by atoms with Gasteiger partial charge in [-0.1, -0.05) is 0 Å². The van der Waals surface area contributed by atoms with Crippen LogP contribution in [0.3, 0.4) is 0 Å². The van der Waals surface area contributed by atoms with E-state index in [2.05, 4.69) is 0 Å². The number of piperidine rings is 1. The second kappa shape index (κ2) is 6.52. The molecule has 7 nitrogen and oxygen atoms in total. The molecule has 23 heavy (non-hydrogen) atoms. The van der Waals surface area contributed by atoms with Crippen LogP contribution >= 0.6 is 0 Å². The van der Waals surface area contributed by atoms with Crippen molar-refractivity contribution in [1.29, 1.82) is 0 Å². The molecule has 0 aromatic heterocycles. The lowest BCUT2D eigenvalue weighted by Crippen LogP contribution is -2.59. The van der Waals surface area contributed by atoms with Gasteiger partial charge in [0.15, 0.2) is 0 Å². The van der Waals surface area contributed by atoms with E-state index in [1.54, 1.807) is 20.8 Å². The lowest BCUT2D eigenvalue weighted by atomic mass is 9.92. The Balaban J connectivity index is 2.02. The van der Waals surface area contributed by atoms with Crippen molar-refractivity contribution in [3.05, 3.63) is 0 Å². The molecule has 0 aromatic rings. The number of amides is 1. The van der Waals surface area contributed by atoms with Crippen LogP contribution in [-0.2, 0) is 24.4 Å². The molecule has 2 atom stereocenters. The summed E-state index contributed by atoms with van der Waals surface area (Å²) < 4.78 is 51.1. The van der Waals surface area contributed by atoms with E-state index < -0.39 is 39.4 Å². The minimum absolute atomic E-state index is 0.0251. The lowest BCUT2D eigenvalue weighted by molar-refractivity contribution is -0.208. The van der Waals surface area contributed by atoms with Crippen molar-refractivity contribution in [2.24, 2.45) is 0 Å². The molecule has 2 unspecified atom stereocenters. The van der Waals surface area contributed by atoms with Crippen LogP contribution in [0.5, 0.6) is 0 Å². The SMILES string of the molecule is CC(C)(C)OC(=O)N1CCCC2(COCC(CS(=O)(=O)F)O2)C1. The van der Waals surface area contributed by atoms with E-state index in [1.807, 2.05) is 0 Å². The number of rotatable bonds is 2. The molecule has 2 aliphatic rings. The van der Waals surface area contributed by atoms with Crippen molar-refractivity contribution in [1.82, 2.24) is 4.90 Å². The number of carbonyl (C=O) groups is 1. The fourth-order valence-electron chi connectivity index (χ4n) is 2.90. The molecule has 0 bridgehead atoms. The topological polar surface area (TPSA) is 82.1 Å². The molecule has 1 amide bonds. The second-order valence-electron chi connectivity index (χ2n) is 7.15. The van der Waals surface area contributed by atoms with Crippen molar-refractivity contribution in [3.63, 3.8) is 0 Å². The first kappa shape index (κ1) is 18.4. The number of likely N-dealkylation sites (tertiary alicyclic amines) is 1. The monoisotopic (exact) mass is 353 g/mol. The number of ether oxygens (including phenoxy) is 3. The van der Waals surface area contributed by atoms with Crippen LogP contribution in [-0.4, -0.2) is 68.8 Å². The molecule has 9 heteroatoms. The molecule has 0 aliphatic carbocycles. The van der Waals surface area contributed by atoms with Crippen LogP contribution in [0.1, 0.15) is 33.6 Å². The van der Waals surface area contributed by atoms with Gasteiger partial charge in [0.05, 0.1) is 25.9 Å². The summed E-state index contributed by atoms with van der Waals surface area (Å²) in [6.45, 7) is 6.40. The first-order valence-corrected chi connectivity index (χ1v) is 9.19. The van der Waals surface area contributed by atoms with E-state index in [4.69, 9.17) is 14.2 Å². The van der Waals surface area contributed by atoms with Crippen LogP contribution in [0.2, 0.25) is 0 Å². The van der Waals surface area contributed by atoms with Gasteiger partial charge in [0.25, 0.3) is 0 Å². The highest BCUT2D eigenvalue weighted by Crippen LogP contribution is 2.31. The van der Waals surface area contributed by atoms with Crippen LogP contribution in [0.4, 0.5) is 8.68 Å². The normalized spacial score (nSPS) is 29.6. The number of halogens is 1. The van der Waals surface area contributed by atoms with Gasteiger partial charge < -0.3 is 19.1 Å². The summed E-state index contributed by atoms with van der Waals surface area (Å²) in [5.74, 6) is -0.735. The van der Waals surface area contributed by atoms with Crippen LogP contribution in [0, 0.1) is 0 Å². The molecular formula is C14H24FNO6S. The maximum Gasteiger partial charge on any atom is 0.410 e. The van der Waals surface area contributed by atoms with E-state index in [1.165, 1.54) is 4.90 Å². The van der Waals surface area contributed by atoms with Gasteiger partial charge in [-0.2, -0.15) is 8.42 Å². The zero-order valence-corrected chi connectivity index (χ0v) is 14.5. The number of carbonyl (C=O) groups excluding carboxylic acids is 1. The van der Waals surface area contributed by atoms with E-state index in [9.17, 15) is 17.1 Å². The van der Waals surface area contributed by atoms with Gasteiger partial charge in [-0.25, -0.2) is 4.79 Å². The zero-order valence-electron chi connectivity index (χ0n) is 13.7. The molecule has 2 fully saturated rings. The van der Waals surface area contributed by atoms with Gasteiger partial charge in [-0.15, -0.1) is 3.89 Å². The fourth-order valence-corrected chi connectivity index (χ4v) is 3.50. The van der Waals surface area contributed by atoms with Gasteiger partial charge in [-0.3, -0.25) is 0 Å². The molecule has 0 saturated carbocycles. The standard InChI is InChI=1S/C14H24FNO6S/c1-13(2,3)22-12(17)16-6-4-5-14(9-16)10-20-7-11(21-14)8-23(15,18)19/h11H,4-10H2,1-3H3. The Hall–Kier alpha value is -0.930. The maximum atomic E-state index is 12.9. The second-order valence-corrected chi connectivity index (χ2v) is 8.56. The summed E-state index contributed by atoms with van der Waals surface area (Å²) in [4.78, 5) is 13.7. The van der Waals surface area contributed by atoms with Gasteiger partial charge >= 0.3 is 16.3 Å². The van der Waals surface area contributed by atoms with E-state index in [0.29, 0.717) is 19.4 Å². The Bertz CT molecular complexity index is 542. The maximum absolute atomic E-state index is 12.9. The molecule has 2 saturated heterocycles. The van der Waals surface area contributed by atoms with Gasteiger partial charge in [0.1, 0.15) is 17.0 Å². The molecular weight excluding hydrogens is 329 g/mol. The van der Waals surface area contributed by atoms with E-state index in [-0.39, 0.29) is 19.8 Å². The van der Waals surface area contributed by atoms with Crippen molar-refractivity contribution in [2.45, 2.75) is 50.9 Å². The Morgan fingerprint density at radius 2 is 2.13 bits per heavy atom. The number of hydrogen-bond acceptors (Lipinski definition) is 6. The van der Waals surface area contributed by atoms with Crippen LogP contribution in [0.15, 0.2) is 0 Å². The predicted octanol–water partition coefficient (Wildman–Crippen LogP) is 1.47. The van der Waals surface area contributed by atoms with Crippen molar-refractivity contribution in [3.8, 4) is 0 Å². The van der Waals surface area contributed by atoms with Gasteiger partial charge in [-0.05, 0) is 33.6 Å². The molecule has 2 rings (SSSR count). The van der Waals surface area contributed by atoms with Crippen LogP contribution < -0.4 is 0 Å². The van der Waals surface area contributed by atoms with Crippen LogP contribution in [0.25, 0.3) is 0 Å². The minimum atomic E-state index is -4.64. The Morgan fingerprint density at radius 1 is 1.43 bits per heavy atom. The highest BCUT2D eigenvalue weighted by molar-refractivity contribution is 7.86. The summed E-state index contributed by atoms with van der Waals surface area (Å²) in [5.41, 5.74) is -1.40. The lowest BCUT2D eigenvalue weighted by Gasteiger charge is -2.46. The highest BCUT2D eigenvalue weighted by atomic mass is 32.3. The first-order valence-electron chi connectivity index (χ1n) is 7.64. The average molecular weight is 353 g/mol. The largest absolute Gasteiger partial charge is 0.444 e. The smallest absolute Gasteiger partial charge is 0.410 e. The molecule has 0 radical (unpaired) electrons. The summed E-state index contributed by atoms with van der Waals surface area (Å²) in [6, 6.07) is 0. The Morgan fingerprint density at radius 3 is 2.74 bits per heavy atom. The Kier molecular flexibility index (Phi) is 5.22. The summed E-state index contributed by atoms with van der Waals surface area (Å²) in [5, 5.41) is 0. The highest BCUT2D eigenvalue weighted by Gasteiger charge is 2.44. The third-order valence-corrected chi connectivity index (χ3v) is 4.43. The molecule has 2 heterocycles. The Labute approximate surface area is 136 Å². The van der Waals surface area contributed by atoms with Crippen molar-refractivity contribution < 1.29 is 31.3 Å². The van der Waals surface area contributed by atoms with Gasteiger partial charge in [0.2, 0.25) is 0 Å². The number of nitrogens with zero attached hydrogens (tertiary/aromatic N) is 1. The van der Waals surface area contributed by atoms with E-state index in [0.717, 1.165) is 0 Å². The molecule has 0 aromatic carbocycles. The third kappa shape index (κ3) is 5.58. The van der Waals surface area contributed by atoms with Crippen molar-refractivity contribution >= 4 is 16.3 Å². The first-order chi connectivity index (χ1) is 10.5. The molecule has 0 N–H and O–H groups in total. The van der Waals surface area contributed by atoms with Crippen molar-refractivity contribution in [2.75, 3.05) is 32.1 Å². The van der Waals surface area contributed by atoms with Gasteiger partial charge in [0, 0.05) is 6.54 Å². The summed E-state index contributed by atoms with van der Waals surface area (Å²) >= 11 is 0. The molecule has 2 aliphatic heterocycles. The molecule has 134 valence electrons. The summed E-state index contributed by atoms with van der Waals surface area (Å²) in [6.07, 6.45) is -0.00920. The fraction of sp³-hybridized carbons (Fsp3) is 0.929. The van der Waals surface area contributed by atoms with E-state index >= 15 is 0 Å². The minimum Gasteiger partial charge on any atom is -0.444 e. The predicted molar refractivity (Wildman–Crippen MR) is 80.4 cm³/mol. The number of hydrogen-bond donors (Lipinski definition) is 0. The zero-order chi connectivity index (χ0) is 17.3.